The van der Waals surface area contributed by atoms with Gasteiger partial charge in [0, 0.05) is 26.2 Å². The number of ether oxygens (including phenoxy) is 3. The van der Waals surface area contributed by atoms with Gasteiger partial charge >= 0.3 is 6.09 Å². The molecule has 180 valence electrons. The maximum atomic E-state index is 13.1. The Bertz CT molecular complexity index is 770. The van der Waals surface area contributed by atoms with Gasteiger partial charge in [-0.15, -0.1) is 0 Å². The number of morpholine rings is 1. The Labute approximate surface area is 196 Å². The van der Waals surface area contributed by atoms with Gasteiger partial charge in [0.05, 0.1) is 19.8 Å². The smallest absolute Gasteiger partial charge is 0.423 e. The van der Waals surface area contributed by atoms with E-state index in [2.05, 4.69) is 0 Å². The van der Waals surface area contributed by atoms with E-state index in [0.717, 1.165) is 36.1 Å². The molecule has 0 aromatic heterocycles. The molecule has 3 rings (SSSR count). The number of hydrogen-bond acceptors (Lipinski definition) is 6. The number of nitrogens with zero attached hydrogens (tertiary/aromatic N) is 3. The van der Waals surface area contributed by atoms with Crippen molar-refractivity contribution in [1.29, 1.82) is 5.26 Å². The number of amides is 2. The van der Waals surface area contributed by atoms with E-state index < -0.39 is 12.2 Å². The summed E-state index contributed by atoms with van der Waals surface area (Å²) in [6.45, 7) is 3.06. The monoisotopic (exact) mass is 457 g/mol. The lowest BCUT2D eigenvalue weighted by molar-refractivity contribution is -0.145. The highest BCUT2D eigenvalue weighted by atomic mass is 16.6. The maximum Gasteiger partial charge on any atom is 0.423 e. The fraction of sp³-hybridized carbons (Fsp3) is 0.640. The minimum Gasteiger partial charge on any atom is -0.435 e. The first-order valence-corrected chi connectivity index (χ1v) is 12.0. The molecule has 0 bridgehead atoms. The van der Waals surface area contributed by atoms with Gasteiger partial charge in [-0.3, -0.25) is 4.79 Å². The lowest BCUT2D eigenvalue weighted by atomic mass is 9.85. The summed E-state index contributed by atoms with van der Waals surface area (Å²) in [5.74, 6) is 0.185. The number of rotatable bonds is 10. The van der Waals surface area contributed by atoms with E-state index in [1.165, 1.54) is 6.42 Å². The highest BCUT2D eigenvalue weighted by Gasteiger charge is 2.33. The summed E-state index contributed by atoms with van der Waals surface area (Å²) in [5, 5.41) is 9.48. The van der Waals surface area contributed by atoms with Crippen LogP contribution in [0.5, 0.6) is 0 Å². The van der Waals surface area contributed by atoms with E-state index in [1.807, 2.05) is 36.5 Å². The second-order valence-electron chi connectivity index (χ2n) is 8.69. The third kappa shape index (κ3) is 8.34. The van der Waals surface area contributed by atoms with Crippen LogP contribution < -0.4 is 0 Å². The number of nitriles is 1. The molecule has 1 atom stereocenters. The molecule has 1 aliphatic carbocycles. The zero-order chi connectivity index (χ0) is 23.3. The molecular formula is C25H35N3O5. The minimum atomic E-state index is -0.858. The van der Waals surface area contributed by atoms with E-state index in [0.29, 0.717) is 58.3 Å². The average molecular weight is 458 g/mol. The molecule has 1 unspecified atom stereocenters. The van der Waals surface area contributed by atoms with Crippen molar-refractivity contribution in [3.63, 3.8) is 0 Å². The molecule has 1 saturated heterocycles. The van der Waals surface area contributed by atoms with Gasteiger partial charge in [0.15, 0.2) is 12.3 Å². The highest BCUT2D eigenvalue weighted by Crippen LogP contribution is 2.29. The van der Waals surface area contributed by atoms with Gasteiger partial charge in [-0.1, -0.05) is 62.4 Å². The summed E-state index contributed by atoms with van der Waals surface area (Å²) in [6, 6.07) is 9.82. The van der Waals surface area contributed by atoms with Crippen molar-refractivity contribution in [2.75, 3.05) is 39.5 Å². The van der Waals surface area contributed by atoms with E-state index >= 15 is 0 Å². The van der Waals surface area contributed by atoms with Crippen molar-refractivity contribution in [1.82, 2.24) is 9.80 Å². The molecule has 2 amide bonds. The summed E-state index contributed by atoms with van der Waals surface area (Å²) in [4.78, 5) is 28.6. The minimum absolute atomic E-state index is 0.179. The molecule has 2 fully saturated rings. The zero-order valence-electron chi connectivity index (χ0n) is 19.3. The lowest BCUT2D eigenvalue weighted by Gasteiger charge is -2.32. The van der Waals surface area contributed by atoms with Crippen molar-refractivity contribution in [2.45, 2.75) is 57.7 Å². The first-order chi connectivity index (χ1) is 16.2. The Morgan fingerprint density at radius 1 is 1.15 bits per heavy atom. The molecule has 2 aliphatic rings. The SMILES string of the molecule is N#CN(CCCOCc1ccccc1)C(=O)OC(CC1CCCCC1)C(=O)N1CCOCC1. The second kappa shape index (κ2) is 13.8. The van der Waals surface area contributed by atoms with Gasteiger partial charge in [-0.2, -0.15) is 5.26 Å². The van der Waals surface area contributed by atoms with Crippen LogP contribution in [0.4, 0.5) is 4.79 Å². The molecule has 0 radical (unpaired) electrons. The van der Waals surface area contributed by atoms with Crippen molar-refractivity contribution in [2.24, 2.45) is 5.92 Å². The van der Waals surface area contributed by atoms with Crippen LogP contribution in [0.15, 0.2) is 30.3 Å². The normalized spacial score (nSPS) is 17.7. The van der Waals surface area contributed by atoms with Crippen LogP contribution in [-0.2, 0) is 25.6 Å². The van der Waals surface area contributed by atoms with Crippen molar-refractivity contribution >= 4 is 12.0 Å². The molecule has 1 aromatic rings. The number of carbonyl (C=O) groups excluding carboxylic acids is 2. The van der Waals surface area contributed by atoms with Crippen LogP contribution in [0.2, 0.25) is 0 Å². The molecule has 8 nitrogen and oxygen atoms in total. The Morgan fingerprint density at radius 3 is 2.58 bits per heavy atom. The van der Waals surface area contributed by atoms with Gasteiger partial charge in [0.1, 0.15) is 0 Å². The lowest BCUT2D eigenvalue weighted by Crippen LogP contribution is -2.48. The Hall–Kier alpha value is -2.63. The van der Waals surface area contributed by atoms with Crippen LogP contribution in [0.25, 0.3) is 0 Å². The molecule has 1 heterocycles. The second-order valence-corrected chi connectivity index (χ2v) is 8.69. The summed E-state index contributed by atoms with van der Waals surface area (Å²) in [6.07, 6.45) is 6.89. The quantitative estimate of drug-likeness (QED) is 0.302. The Kier molecular flexibility index (Phi) is 10.5. The summed E-state index contributed by atoms with van der Waals surface area (Å²) < 4.78 is 16.6. The van der Waals surface area contributed by atoms with Crippen LogP contribution in [-0.4, -0.2) is 67.4 Å². The van der Waals surface area contributed by atoms with Crippen LogP contribution in [0, 0.1) is 17.4 Å². The molecule has 1 aliphatic heterocycles. The molecule has 1 aromatic carbocycles. The maximum absolute atomic E-state index is 13.1. The van der Waals surface area contributed by atoms with Crippen molar-refractivity contribution in [3.05, 3.63) is 35.9 Å². The topological polar surface area (TPSA) is 92.1 Å². The molecule has 8 heteroatoms. The first-order valence-electron chi connectivity index (χ1n) is 12.0. The van der Waals surface area contributed by atoms with Crippen molar-refractivity contribution in [3.8, 4) is 6.19 Å². The number of benzene rings is 1. The summed E-state index contributed by atoms with van der Waals surface area (Å²) in [5.41, 5.74) is 1.07. The third-order valence-corrected chi connectivity index (χ3v) is 6.24. The van der Waals surface area contributed by atoms with Gasteiger partial charge < -0.3 is 19.1 Å². The summed E-state index contributed by atoms with van der Waals surface area (Å²) in [7, 11) is 0. The van der Waals surface area contributed by atoms with Gasteiger partial charge in [0.25, 0.3) is 5.91 Å². The van der Waals surface area contributed by atoms with Crippen molar-refractivity contribution < 1.29 is 23.8 Å². The van der Waals surface area contributed by atoms with Gasteiger partial charge in [-0.25, -0.2) is 9.69 Å². The predicted octanol–water partition coefficient (Wildman–Crippen LogP) is 3.71. The van der Waals surface area contributed by atoms with E-state index in [9.17, 15) is 14.9 Å². The number of carbonyl (C=O) groups is 2. The fourth-order valence-corrected chi connectivity index (χ4v) is 4.37. The predicted molar refractivity (Wildman–Crippen MR) is 122 cm³/mol. The molecule has 33 heavy (non-hydrogen) atoms. The molecular weight excluding hydrogens is 422 g/mol. The molecule has 1 saturated carbocycles. The molecule has 0 N–H and O–H groups in total. The van der Waals surface area contributed by atoms with E-state index in [1.54, 1.807) is 4.90 Å². The highest BCUT2D eigenvalue weighted by molar-refractivity contribution is 5.84. The standard InChI is InChI=1S/C25H35N3O5/c26-20-28(12-7-15-32-19-22-10-5-2-6-11-22)25(30)33-23(18-21-8-3-1-4-9-21)24(29)27-13-16-31-17-14-27/h2,5-6,10-11,21,23H,1,3-4,7-9,12-19H2. The third-order valence-electron chi connectivity index (χ3n) is 6.24. The first kappa shape index (κ1) is 25.0. The number of hydrogen-bond donors (Lipinski definition) is 0. The van der Waals surface area contributed by atoms with Gasteiger partial charge in [0.2, 0.25) is 0 Å². The molecule has 0 spiro atoms. The fourth-order valence-electron chi connectivity index (χ4n) is 4.37. The van der Waals surface area contributed by atoms with E-state index in [4.69, 9.17) is 14.2 Å². The van der Waals surface area contributed by atoms with Crippen LogP contribution >= 0.6 is 0 Å². The Balaban J connectivity index is 1.49. The largest absolute Gasteiger partial charge is 0.435 e. The van der Waals surface area contributed by atoms with Crippen LogP contribution in [0.3, 0.4) is 0 Å². The van der Waals surface area contributed by atoms with Crippen LogP contribution in [0.1, 0.15) is 50.5 Å². The van der Waals surface area contributed by atoms with Gasteiger partial charge in [-0.05, 0) is 24.3 Å². The van der Waals surface area contributed by atoms with E-state index in [-0.39, 0.29) is 12.5 Å². The average Bonchev–Trinajstić information content (AvgIpc) is 2.87. The zero-order valence-corrected chi connectivity index (χ0v) is 19.3. The Morgan fingerprint density at radius 2 is 1.88 bits per heavy atom. The summed E-state index contributed by atoms with van der Waals surface area (Å²) >= 11 is 0.